The molecule has 0 radical (unpaired) electrons. The van der Waals surface area contributed by atoms with E-state index < -0.39 is 0 Å². The molecule has 4 nitrogen and oxygen atoms in total. The Labute approximate surface area is 134 Å². The average molecular weight is 306 g/mol. The quantitative estimate of drug-likeness (QED) is 0.653. The van der Waals surface area contributed by atoms with Crippen molar-refractivity contribution in [2.45, 2.75) is 52.0 Å². The molecule has 0 bridgehead atoms. The monoisotopic (exact) mass is 306 g/mol. The Bertz CT molecular complexity index is 428. The second kappa shape index (κ2) is 8.06. The molecule has 1 aromatic carbocycles. The van der Waals surface area contributed by atoms with E-state index in [4.69, 9.17) is 15.2 Å². The smallest absolute Gasteiger partial charge is 0.164 e. The van der Waals surface area contributed by atoms with E-state index in [-0.39, 0.29) is 23.8 Å². The minimum absolute atomic E-state index is 0.0177. The lowest BCUT2D eigenvalue weighted by molar-refractivity contribution is -0.182. The Morgan fingerprint density at radius 3 is 2.18 bits per heavy atom. The lowest BCUT2D eigenvalue weighted by Gasteiger charge is -2.35. The van der Waals surface area contributed by atoms with Crippen LogP contribution < -0.4 is 11.1 Å². The van der Waals surface area contributed by atoms with Gasteiger partial charge >= 0.3 is 0 Å². The Kier molecular flexibility index (Phi) is 6.38. The molecule has 3 N–H and O–H groups in total. The molecule has 22 heavy (non-hydrogen) atoms. The molecule has 4 heteroatoms. The highest BCUT2D eigenvalue weighted by atomic mass is 16.7. The van der Waals surface area contributed by atoms with Crippen LogP contribution >= 0.6 is 0 Å². The van der Waals surface area contributed by atoms with Crippen LogP contribution in [0, 0.1) is 5.41 Å². The van der Waals surface area contributed by atoms with E-state index in [0.29, 0.717) is 19.8 Å². The van der Waals surface area contributed by atoms with Crippen molar-refractivity contribution in [1.82, 2.24) is 5.32 Å². The maximum absolute atomic E-state index is 6.08. The summed E-state index contributed by atoms with van der Waals surface area (Å²) in [5, 5.41) is 3.70. The van der Waals surface area contributed by atoms with E-state index >= 15 is 0 Å². The predicted octanol–water partition coefficient (Wildman–Crippen LogP) is 2.84. The molecule has 0 spiro atoms. The number of benzene rings is 1. The third kappa shape index (κ3) is 3.87. The first-order valence-corrected chi connectivity index (χ1v) is 8.42. The molecular weight excluding hydrogens is 276 g/mol. The fourth-order valence-corrected chi connectivity index (χ4v) is 3.18. The van der Waals surface area contributed by atoms with Gasteiger partial charge < -0.3 is 20.5 Å². The van der Waals surface area contributed by atoms with Crippen LogP contribution in [-0.4, -0.2) is 32.1 Å². The van der Waals surface area contributed by atoms with Gasteiger partial charge in [-0.3, -0.25) is 0 Å². The summed E-state index contributed by atoms with van der Waals surface area (Å²) >= 11 is 0. The van der Waals surface area contributed by atoms with Crippen molar-refractivity contribution in [3.63, 3.8) is 0 Å². The number of nitrogens with one attached hydrogen (secondary N) is 1. The molecule has 1 fully saturated rings. The first-order chi connectivity index (χ1) is 10.7. The molecule has 0 aromatic heterocycles. The summed E-state index contributed by atoms with van der Waals surface area (Å²) in [5.74, 6) is 0. The standard InChI is InChI=1S/C18H30N2O2/c1-4-21-17(22-5-2)18(11-12-18)16(13-19)20-14(3)15-9-7-6-8-10-15/h6-10,14,16-17,20H,4-5,11-13,19H2,1-3H3. The van der Waals surface area contributed by atoms with Crippen molar-refractivity contribution in [2.24, 2.45) is 11.1 Å². The van der Waals surface area contributed by atoms with Gasteiger partial charge in [-0.1, -0.05) is 30.3 Å². The van der Waals surface area contributed by atoms with Crippen molar-refractivity contribution < 1.29 is 9.47 Å². The highest BCUT2D eigenvalue weighted by Gasteiger charge is 2.56. The summed E-state index contributed by atoms with van der Waals surface area (Å²) < 4.78 is 11.7. The fourth-order valence-electron chi connectivity index (χ4n) is 3.18. The number of nitrogens with two attached hydrogens (primary N) is 1. The molecule has 0 saturated heterocycles. The van der Waals surface area contributed by atoms with Gasteiger partial charge in [-0.15, -0.1) is 0 Å². The molecule has 2 unspecified atom stereocenters. The highest BCUT2D eigenvalue weighted by Crippen LogP contribution is 2.53. The van der Waals surface area contributed by atoms with Crippen LogP contribution in [0.5, 0.6) is 0 Å². The molecule has 124 valence electrons. The van der Waals surface area contributed by atoms with Crippen LogP contribution in [0.4, 0.5) is 0 Å². The van der Waals surface area contributed by atoms with E-state index in [2.05, 4.69) is 36.5 Å². The van der Waals surface area contributed by atoms with Gasteiger partial charge in [-0.05, 0) is 39.2 Å². The van der Waals surface area contributed by atoms with E-state index in [1.807, 2.05) is 19.9 Å². The third-order valence-electron chi connectivity index (χ3n) is 4.61. The summed E-state index contributed by atoms with van der Waals surface area (Å²) in [5.41, 5.74) is 7.38. The summed E-state index contributed by atoms with van der Waals surface area (Å²) in [6.07, 6.45) is 2.05. The van der Waals surface area contributed by atoms with Crippen LogP contribution in [0.2, 0.25) is 0 Å². The zero-order valence-corrected chi connectivity index (χ0v) is 14.0. The first kappa shape index (κ1) is 17.4. The van der Waals surface area contributed by atoms with Crippen LogP contribution in [0.1, 0.15) is 45.2 Å². The van der Waals surface area contributed by atoms with Gasteiger partial charge in [0.25, 0.3) is 0 Å². The summed E-state index contributed by atoms with van der Waals surface area (Å²) in [4.78, 5) is 0. The minimum atomic E-state index is -0.161. The minimum Gasteiger partial charge on any atom is -0.352 e. The Hall–Kier alpha value is -0.940. The predicted molar refractivity (Wildman–Crippen MR) is 89.5 cm³/mol. The molecule has 0 aliphatic heterocycles. The van der Waals surface area contributed by atoms with Crippen LogP contribution in [-0.2, 0) is 9.47 Å². The van der Waals surface area contributed by atoms with E-state index in [1.54, 1.807) is 0 Å². The van der Waals surface area contributed by atoms with Crippen molar-refractivity contribution in [3.8, 4) is 0 Å². The number of ether oxygens (including phenoxy) is 2. The van der Waals surface area contributed by atoms with Gasteiger partial charge in [0, 0.05) is 37.3 Å². The molecular formula is C18H30N2O2. The summed E-state index contributed by atoms with van der Waals surface area (Å²) in [6.45, 7) is 8.13. The van der Waals surface area contributed by atoms with E-state index in [9.17, 15) is 0 Å². The van der Waals surface area contributed by atoms with Gasteiger partial charge in [-0.25, -0.2) is 0 Å². The van der Waals surface area contributed by atoms with Gasteiger partial charge in [-0.2, -0.15) is 0 Å². The van der Waals surface area contributed by atoms with Gasteiger partial charge in [0.1, 0.15) is 0 Å². The van der Waals surface area contributed by atoms with E-state index in [0.717, 1.165) is 12.8 Å². The topological polar surface area (TPSA) is 56.5 Å². The molecule has 1 aliphatic rings. The van der Waals surface area contributed by atoms with Crippen molar-refractivity contribution in [2.75, 3.05) is 19.8 Å². The van der Waals surface area contributed by atoms with Gasteiger partial charge in [0.2, 0.25) is 0 Å². The molecule has 0 amide bonds. The Morgan fingerprint density at radius 1 is 1.14 bits per heavy atom. The van der Waals surface area contributed by atoms with Crippen LogP contribution in [0.15, 0.2) is 30.3 Å². The third-order valence-corrected chi connectivity index (χ3v) is 4.61. The molecule has 1 saturated carbocycles. The van der Waals surface area contributed by atoms with Crippen molar-refractivity contribution in [1.29, 1.82) is 0 Å². The summed E-state index contributed by atoms with van der Waals surface area (Å²) in [6, 6.07) is 10.9. The van der Waals surface area contributed by atoms with Crippen molar-refractivity contribution >= 4 is 0 Å². The lowest BCUT2D eigenvalue weighted by Crippen LogP contribution is -2.50. The second-order valence-electron chi connectivity index (χ2n) is 6.06. The molecule has 2 rings (SSSR count). The highest BCUT2D eigenvalue weighted by molar-refractivity contribution is 5.19. The van der Waals surface area contributed by atoms with Gasteiger partial charge in [0.15, 0.2) is 6.29 Å². The fraction of sp³-hybridized carbons (Fsp3) is 0.667. The molecule has 1 aromatic rings. The van der Waals surface area contributed by atoms with Crippen molar-refractivity contribution in [3.05, 3.63) is 35.9 Å². The maximum atomic E-state index is 6.08. The normalized spacial score (nSPS) is 19.1. The van der Waals surface area contributed by atoms with E-state index in [1.165, 1.54) is 5.56 Å². The first-order valence-electron chi connectivity index (χ1n) is 8.42. The SMILES string of the molecule is CCOC(OCC)C1(C(CN)NC(C)c2ccccc2)CC1. The number of rotatable bonds is 10. The largest absolute Gasteiger partial charge is 0.352 e. The molecule has 0 heterocycles. The van der Waals surface area contributed by atoms with Gasteiger partial charge in [0.05, 0.1) is 0 Å². The number of hydrogen-bond donors (Lipinski definition) is 2. The Morgan fingerprint density at radius 2 is 1.73 bits per heavy atom. The molecule has 1 aliphatic carbocycles. The molecule has 2 atom stereocenters. The number of hydrogen-bond acceptors (Lipinski definition) is 4. The zero-order chi connectivity index (χ0) is 16.0. The second-order valence-corrected chi connectivity index (χ2v) is 6.06. The average Bonchev–Trinajstić information content (AvgIpc) is 3.34. The Balaban J connectivity index is 2.06. The summed E-state index contributed by atoms with van der Waals surface area (Å²) in [7, 11) is 0. The van der Waals surface area contributed by atoms with Crippen LogP contribution in [0.3, 0.4) is 0 Å². The van der Waals surface area contributed by atoms with Crippen LogP contribution in [0.25, 0.3) is 0 Å². The maximum Gasteiger partial charge on any atom is 0.164 e. The lowest BCUT2D eigenvalue weighted by atomic mass is 9.93. The zero-order valence-electron chi connectivity index (χ0n) is 14.0.